The van der Waals surface area contributed by atoms with Gasteiger partial charge in [0.15, 0.2) is 0 Å². The summed E-state index contributed by atoms with van der Waals surface area (Å²) < 4.78 is 10.2. The van der Waals surface area contributed by atoms with E-state index < -0.39 is 0 Å². The Hall–Kier alpha value is -1.32. The SMILES string of the molecule is CC(=O)O[C@H]1C=C(C)[C@H](OC(C)=O)CC1. The molecule has 0 N–H and O–H groups in total. The summed E-state index contributed by atoms with van der Waals surface area (Å²) in [7, 11) is 0. The predicted octanol–water partition coefficient (Wildman–Crippen LogP) is 1.59. The van der Waals surface area contributed by atoms with Crippen molar-refractivity contribution in [2.75, 3.05) is 0 Å². The molecule has 0 fully saturated rings. The zero-order valence-electron chi connectivity index (χ0n) is 9.28. The van der Waals surface area contributed by atoms with E-state index in [9.17, 15) is 9.59 Å². The number of hydrogen-bond donors (Lipinski definition) is 0. The molecule has 2 atom stereocenters. The van der Waals surface area contributed by atoms with Gasteiger partial charge >= 0.3 is 11.9 Å². The second kappa shape index (κ2) is 4.96. The molecule has 1 rings (SSSR count). The summed E-state index contributed by atoms with van der Waals surface area (Å²) in [5.74, 6) is -0.561. The van der Waals surface area contributed by atoms with Gasteiger partial charge < -0.3 is 9.47 Å². The molecular formula is C11H16O4. The van der Waals surface area contributed by atoms with E-state index in [1.807, 2.05) is 13.0 Å². The summed E-state index contributed by atoms with van der Waals surface area (Å²) in [6, 6.07) is 0. The Labute approximate surface area is 89.2 Å². The van der Waals surface area contributed by atoms with E-state index in [-0.39, 0.29) is 24.1 Å². The highest BCUT2D eigenvalue weighted by Gasteiger charge is 2.23. The van der Waals surface area contributed by atoms with Gasteiger partial charge in [0, 0.05) is 13.8 Å². The lowest BCUT2D eigenvalue weighted by atomic mass is 9.95. The Morgan fingerprint density at radius 3 is 2.27 bits per heavy atom. The average molecular weight is 212 g/mol. The average Bonchev–Trinajstić information content (AvgIpc) is 2.08. The summed E-state index contributed by atoms with van der Waals surface area (Å²) in [4.78, 5) is 21.5. The van der Waals surface area contributed by atoms with Crippen molar-refractivity contribution in [3.8, 4) is 0 Å². The summed E-state index contributed by atoms with van der Waals surface area (Å²) in [6.45, 7) is 4.66. The van der Waals surface area contributed by atoms with Crippen molar-refractivity contribution in [1.29, 1.82) is 0 Å². The van der Waals surface area contributed by atoms with E-state index in [1.165, 1.54) is 13.8 Å². The van der Waals surface area contributed by atoms with Crippen molar-refractivity contribution in [2.45, 2.75) is 45.8 Å². The molecule has 0 aromatic rings. The largest absolute Gasteiger partial charge is 0.458 e. The molecule has 0 aromatic heterocycles. The normalized spacial score (nSPS) is 25.4. The van der Waals surface area contributed by atoms with Gasteiger partial charge in [0.2, 0.25) is 0 Å². The van der Waals surface area contributed by atoms with Gasteiger partial charge in [0.25, 0.3) is 0 Å². The molecular weight excluding hydrogens is 196 g/mol. The van der Waals surface area contributed by atoms with E-state index in [4.69, 9.17) is 9.47 Å². The number of ether oxygens (including phenoxy) is 2. The van der Waals surface area contributed by atoms with Crippen molar-refractivity contribution >= 4 is 11.9 Å². The van der Waals surface area contributed by atoms with E-state index in [0.717, 1.165) is 5.57 Å². The third-order valence-electron chi connectivity index (χ3n) is 2.30. The molecule has 0 radical (unpaired) electrons. The predicted molar refractivity (Wildman–Crippen MR) is 54.1 cm³/mol. The molecule has 0 amide bonds. The maximum atomic E-state index is 10.8. The van der Waals surface area contributed by atoms with Crippen LogP contribution in [0, 0.1) is 0 Å². The van der Waals surface area contributed by atoms with Gasteiger partial charge in [-0.25, -0.2) is 0 Å². The molecule has 0 unspecified atom stereocenters. The second-order valence-electron chi connectivity index (χ2n) is 3.73. The van der Waals surface area contributed by atoms with Crippen molar-refractivity contribution in [2.24, 2.45) is 0 Å². The maximum absolute atomic E-state index is 10.8. The topological polar surface area (TPSA) is 52.6 Å². The summed E-state index contributed by atoms with van der Waals surface area (Å²) in [6.07, 6.45) is 2.93. The van der Waals surface area contributed by atoms with Gasteiger partial charge in [-0.2, -0.15) is 0 Å². The fourth-order valence-corrected chi connectivity index (χ4v) is 1.69. The Bertz CT molecular complexity index is 293. The zero-order chi connectivity index (χ0) is 11.4. The number of carbonyl (C=O) groups excluding carboxylic acids is 2. The highest BCUT2D eigenvalue weighted by atomic mass is 16.5. The smallest absolute Gasteiger partial charge is 0.303 e. The lowest BCUT2D eigenvalue weighted by Gasteiger charge is -2.26. The summed E-state index contributed by atoms with van der Waals surface area (Å²) in [5, 5.41) is 0. The van der Waals surface area contributed by atoms with Crippen LogP contribution < -0.4 is 0 Å². The molecule has 1 aliphatic rings. The minimum Gasteiger partial charge on any atom is -0.458 e. The van der Waals surface area contributed by atoms with Gasteiger partial charge in [-0.3, -0.25) is 9.59 Å². The van der Waals surface area contributed by atoms with Crippen LogP contribution in [0.2, 0.25) is 0 Å². The zero-order valence-corrected chi connectivity index (χ0v) is 9.28. The van der Waals surface area contributed by atoms with Crippen LogP contribution in [0.5, 0.6) is 0 Å². The number of rotatable bonds is 2. The van der Waals surface area contributed by atoms with Crippen LogP contribution in [-0.2, 0) is 19.1 Å². The molecule has 1 aliphatic carbocycles. The molecule has 0 bridgehead atoms. The van der Waals surface area contributed by atoms with Gasteiger partial charge in [0.05, 0.1) is 0 Å². The Morgan fingerprint density at radius 1 is 1.20 bits per heavy atom. The van der Waals surface area contributed by atoms with E-state index >= 15 is 0 Å². The van der Waals surface area contributed by atoms with Crippen LogP contribution in [0.1, 0.15) is 33.6 Å². The van der Waals surface area contributed by atoms with Crippen molar-refractivity contribution < 1.29 is 19.1 Å². The maximum Gasteiger partial charge on any atom is 0.303 e. The standard InChI is InChI=1S/C11H16O4/c1-7-6-10(14-8(2)12)4-5-11(7)15-9(3)13/h6,10-11H,4-5H2,1-3H3/t10-,11-/m1/s1. The summed E-state index contributed by atoms with van der Waals surface area (Å²) in [5.41, 5.74) is 0.947. The van der Waals surface area contributed by atoms with Gasteiger partial charge in [-0.1, -0.05) is 0 Å². The lowest BCUT2D eigenvalue weighted by molar-refractivity contribution is -0.149. The first-order valence-electron chi connectivity index (χ1n) is 5.02. The molecule has 4 heteroatoms. The van der Waals surface area contributed by atoms with Crippen molar-refractivity contribution in [1.82, 2.24) is 0 Å². The van der Waals surface area contributed by atoms with Gasteiger partial charge in [-0.15, -0.1) is 0 Å². The third kappa shape index (κ3) is 3.73. The monoisotopic (exact) mass is 212 g/mol. The molecule has 0 saturated heterocycles. The lowest BCUT2D eigenvalue weighted by Crippen LogP contribution is -2.27. The minimum atomic E-state index is -0.282. The fourth-order valence-electron chi connectivity index (χ4n) is 1.69. The van der Waals surface area contributed by atoms with Crippen LogP contribution in [0.15, 0.2) is 11.6 Å². The Balaban J connectivity index is 2.57. The molecule has 0 heterocycles. The van der Waals surface area contributed by atoms with E-state index in [1.54, 1.807) is 0 Å². The van der Waals surface area contributed by atoms with Gasteiger partial charge in [-0.05, 0) is 31.4 Å². The molecule has 0 aliphatic heterocycles. The van der Waals surface area contributed by atoms with Crippen LogP contribution in [-0.4, -0.2) is 24.1 Å². The Kier molecular flexibility index (Phi) is 3.88. The van der Waals surface area contributed by atoms with Crippen molar-refractivity contribution in [3.05, 3.63) is 11.6 Å². The first-order valence-corrected chi connectivity index (χ1v) is 5.02. The molecule has 84 valence electrons. The van der Waals surface area contributed by atoms with E-state index in [0.29, 0.717) is 12.8 Å². The van der Waals surface area contributed by atoms with Crippen molar-refractivity contribution in [3.63, 3.8) is 0 Å². The Morgan fingerprint density at radius 2 is 1.80 bits per heavy atom. The third-order valence-corrected chi connectivity index (χ3v) is 2.30. The van der Waals surface area contributed by atoms with Crippen LogP contribution in [0.4, 0.5) is 0 Å². The van der Waals surface area contributed by atoms with Crippen LogP contribution in [0.3, 0.4) is 0 Å². The molecule has 0 saturated carbocycles. The minimum absolute atomic E-state index is 0.158. The first kappa shape index (κ1) is 11.8. The van der Waals surface area contributed by atoms with E-state index in [2.05, 4.69) is 0 Å². The fraction of sp³-hybridized carbons (Fsp3) is 0.636. The number of esters is 2. The summed E-state index contributed by atoms with van der Waals surface area (Å²) >= 11 is 0. The molecule has 0 aromatic carbocycles. The number of hydrogen-bond acceptors (Lipinski definition) is 4. The van der Waals surface area contributed by atoms with Crippen LogP contribution >= 0.6 is 0 Å². The first-order chi connectivity index (χ1) is 6.99. The molecule has 4 nitrogen and oxygen atoms in total. The highest BCUT2D eigenvalue weighted by molar-refractivity contribution is 5.67. The molecule has 15 heavy (non-hydrogen) atoms. The number of carbonyl (C=O) groups is 2. The van der Waals surface area contributed by atoms with Gasteiger partial charge in [0.1, 0.15) is 12.2 Å². The quantitative estimate of drug-likeness (QED) is 0.515. The molecule has 0 spiro atoms. The highest BCUT2D eigenvalue weighted by Crippen LogP contribution is 2.23. The second-order valence-corrected chi connectivity index (χ2v) is 3.73. The van der Waals surface area contributed by atoms with Crippen LogP contribution in [0.25, 0.3) is 0 Å².